The van der Waals surface area contributed by atoms with Crippen molar-refractivity contribution in [2.75, 3.05) is 36.5 Å². The summed E-state index contributed by atoms with van der Waals surface area (Å²) in [6.45, 7) is 2.46. The van der Waals surface area contributed by atoms with Gasteiger partial charge in [-0.05, 0) is 18.8 Å². The Morgan fingerprint density at radius 3 is 2.71 bits per heavy atom. The number of aromatic nitrogens is 2. The van der Waals surface area contributed by atoms with Crippen molar-refractivity contribution in [2.45, 2.75) is 38.5 Å². The second-order valence-electron chi connectivity index (χ2n) is 6.69. The average Bonchev–Trinajstić information content (AvgIpc) is 2.60. The molecular weight excluding hydrogens is 308 g/mol. The van der Waals surface area contributed by atoms with Crippen molar-refractivity contribution in [3.8, 4) is 0 Å². The highest BCUT2D eigenvalue weighted by atomic mass is 16.5. The lowest BCUT2D eigenvalue weighted by Gasteiger charge is -2.30. The molecule has 24 heavy (non-hydrogen) atoms. The third kappa shape index (κ3) is 3.95. The zero-order valence-electron chi connectivity index (χ0n) is 14.3. The number of hydrogen-bond acceptors (Lipinski definition) is 5. The number of rotatable bonds is 4. The van der Waals surface area contributed by atoms with E-state index in [9.17, 15) is 9.59 Å². The second-order valence-corrected chi connectivity index (χ2v) is 6.69. The molecule has 3 rings (SSSR count). The second kappa shape index (κ2) is 7.79. The Bertz CT molecular complexity index is 631. The van der Waals surface area contributed by atoms with Gasteiger partial charge < -0.3 is 15.0 Å². The van der Waals surface area contributed by atoms with Crippen molar-refractivity contribution in [1.82, 2.24) is 9.78 Å². The first-order valence-electron chi connectivity index (χ1n) is 8.84. The number of carbonyl (C=O) groups excluding carboxylic acids is 1. The Morgan fingerprint density at radius 2 is 2.00 bits per heavy atom. The van der Waals surface area contributed by atoms with Crippen molar-refractivity contribution in [3.05, 3.63) is 16.6 Å². The van der Waals surface area contributed by atoms with Crippen LogP contribution in [-0.2, 0) is 16.6 Å². The maximum Gasteiger partial charge on any atom is 0.292 e. The van der Waals surface area contributed by atoms with E-state index in [1.54, 1.807) is 13.2 Å². The van der Waals surface area contributed by atoms with Crippen LogP contribution in [-0.4, -0.2) is 42.0 Å². The van der Waals surface area contributed by atoms with Gasteiger partial charge in [0.1, 0.15) is 5.69 Å². The third-order valence-corrected chi connectivity index (χ3v) is 4.91. The molecule has 0 radical (unpaired) electrons. The molecule has 0 aromatic carbocycles. The van der Waals surface area contributed by atoms with Crippen LogP contribution >= 0.6 is 0 Å². The van der Waals surface area contributed by atoms with Gasteiger partial charge in [-0.1, -0.05) is 19.3 Å². The summed E-state index contributed by atoms with van der Waals surface area (Å²) in [5.74, 6) is 0.441. The molecule has 7 nitrogen and oxygen atoms in total. The number of carbonyl (C=O) groups is 1. The van der Waals surface area contributed by atoms with Gasteiger partial charge in [-0.3, -0.25) is 9.59 Å². The number of morpholine rings is 1. The Hall–Kier alpha value is -1.89. The molecule has 2 heterocycles. The number of aryl methyl sites for hydroxylation is 1. The Kier molecular flexibility index (Phi) is 5.50. The standard InChI is InChI=1S/C17H26N4O3/c1-20-17(23)16(21-7-9-24-10-8-21)14(12-18-20)19-15(22)11-13-5-3-2-4-6-13/h12-13H,2-11H2,1H3,(H,19,22). The molecule has 1 saturated heterocycles. The fourth-order valence-electron chi connectivity index (χ4n) is 3.57. The Labute approximate surface area is 142 Å². The SMILES string of the molecule is Cn1ncc(NC(=O)CC2CCCCC2)c(N2CCOCC2)c1=O. The molecule has 2 aliphatic rings. The van der Waals surface area contributed by atoms with E-state index in [4.69, 9.17) is 4.74 Å². The van der Waals surface area contributed by atoms with Gasteiger partial charge in [0.05, 0.1) is 25.1 Å². The van der Waals surface area contributed by atoms with E-state index in [0.717, 1.165) is 12.8 Å². The summed E-state index contributed by atoms with van der Waals surface area (Å²) in [6, 6.07) is 0. The number of hydrogen-bond donors (Lipinski definition) is 1. The molecule has 0 unspecified atom stereocenters. The van der Waals surface area contributed by atoms with Gasteiger partial charge in [-0.2, -0.15) is 5.10 Å². The lowest BCUT2D eigenvalue weighted by atomic mass is 9.87. The van der Waals surface area contributed by atoms with Gasteiger partial charge in [0.15, 0.2) is 0 Å². The first-order valence-corrected chi connectivity index (χ1v) is 8.84. The van der Waals surface area contributed by atoms with Gasteiger partial charge in [0.2, 0.25) is 5.91 Å². The molecule has 1 aromatic rings. The largest absolute Gasteiger partial charge is 0.378 e. The van der Waals surface area contributed by atoms with Crippen molar-refractivity contribution in [1.29, 1.82) is 0 Å². The van der Waals surface area contributed by atoms with Gasteiger partial charge in [-0.15, -0.1) is 0 Å². The van der Waals surface area contributed by atoms with E-state index in [1.165, 1.54) is 23.9 Å². The highest BCUT2D eigenvalue weighted by molar-refractivity contribution is 5.94. The molecule has 1 aliphatic heterocycles. The van der Waals surface area contributed by atoms with Crippen LogP contribution in [0.1, 0.15) is 38.5 Å². The molecule has 0 atom stereocenters. The highest BCUT2D eigenvalue weighted by Gasteiger charge is 2.22. The molecule has 0 spiro atoms. The topological polar surface area (TPSA) is 76.5 Å². The molecule has 1 aliphatic carbocycles. The van der Waals surface area contributed by atoms with Gasteiger partial charge in [-0.25, -0.2) is 4.68 Å². The first kappa shape index (κ1) is 17.0. The molecule has 2 fully saturated rings. The van der Waals surface area contributed by atoms with Crippen LogP contribution in [0.4, 0.5) is 11.4 Å². The Morgan fingerprint density at radius 1 is 1.29 bits per heavy atom. The van der Waals surface area contributed by atoms with E-state index < -0.39 is 0 Å². The summed E-state index contributed by atoms with van der Waals surface area (Å²) in [4.78, 5) is 26.9. The molecule has 132 valence electrons. The van der Waals surface area contributed by atoms with Crippen LogP contribution in [0.3, 0.4) is 0 Å². The molecular formula is C17H26N4O3. The van der Waals surface area contributed by atoms with Crippen LogP contribution in [0.15, 0.2) is 11.0 Å². The zero-order chi connectivity index (χ0) is 16.9. The summed E-state index contributed by atoms with van der Waals surface area (Å²) in [7, 11) is 1.62. The predicted molar refractivity (Wildman–Crippen MR) is 92.3 cm³/mol. The van der Waals surface area contributed by atoms with Crippen molar-refractivity contribution < 1.29 is 9.53 Å². The highest BCUT2D eigenvalue weighted by Crippen LogP contribution is 2.27. The lowest BCUT2D eigenvalue weighted by molar-refractivity contribution is -0.117. The molecule has 1 aromatic heterocycles. The normalized spacial score (nSPS) is 19.3. The monoisotopic (exact) mass is 334 g/mol. The minimum atomic E-state index is -0.188. The van der Waals surface area contributed by atoms with Gasteiger partial charge in [0.25, 0.3) is 5.56 Å². The molecule has 7 heteroatoms. The van der Waals surface area contributed by atoms with Gasteiger partial charge >= 0.3 is 0 Å². The minimum absolute atomic E-state index is 0.0218. The molecule has 1 amide bonds. The summed E-state index contributed by atoms with van der Waals surface area (Å²) in [6.07, 6.45) is 8.05. The summed E-state index contributed by atoms with van der Waals surface area (Å²) >= 11 is 0. The molecule has 1 saturated carbocycles. The van der Waals surface area contributed by atoms with Crippen molar-refractivity contribution in [3.63, 3.8) is 0 Å². The fourth-order valence-corrected chi connectivity index (χ4v) is 3.57. The van der Waals surface area contributed by atoms with Crippen LogP contribution in [0, 0.1) is 5.92 Å². The predicted octanol–water partition coefficient (Wildman–Crippen LogP) is 1.53. The number of anilines is 2. The molecule has 1 N–H and O–H groups in total. The number of amides is 1. The van der Waals surface area contributed by atoms with E-state index in [2.05, 4.69) is 10.4 Å². The zero-order valence-corrected chi connectivity index (χ0v) is 14.3. The van der Waals surface area contributed by atoms with Crippen LogP contribution < -0.4 is 15.8 Å². The molecule has 0 bridgehead atoms. The lowest BCUT2D eigenvalue weighted by Crippen LogP contribution is -2.41. The van der Waals surface area contributed by atoms with E-state index in [0.29, 0.717) is 50.0 Å². The maximum atomic E-state index is 12.5. The van der Waals surface area contributed by atoms with Crippen molar-refractivity contribution >= 4 is 17.3 Å². The van der Waals surface area contributed by atoms with E-state index in [-0.39, 0.29) is 11.5 Å². The summed E-state index contributed by atoms with van der Waals surface area (Å²) in [5.41, 5.74) is 0.848. The summed E-state index contributed by atoms with van der Waals surface area (Å²) < 4.78 is 6.67. The fraction of sp³-hybridized carbons (Fsp3) is 0.706. The number of ether oxygens (including phenoxy) is 1. The van der Waals surface area contributed by atoms with E-state index in [1.807, 2.05) is 4.90 Å². The maximum absolute atomic E-state index is 12.5. The van der Waals surface area contributed by atoms with Crippen LogP contribution in [0.25, 0.3) is 0 Å². The number of nitrogens with one attached hydrogen (secondary N) is 1. The van der Waals surface area contributed by atoms with Gasteiger partial charge in [0, 0.05) is 26.6 Å². The Balaban J connectivity index is 1.75. The summed E-state index contributed by atoms with van der Waals surface area (Å²) in [5, 5.41) is 6.99. The quantitative estimate of drug-likeness (QED) is 0.903. The minimum Gasteiger partial charge on any atom is -0.378 e. The smallest absolute Gasteiger partial charge is 0.292 e. The first-order chi connectivity index (χ1) is 11.6. The van der Waals surface area contributed by atoms with Crippen LogP contribution in [0.2, 0.25) is 0 Å². The third-order valence-electron chi connectivity index (χ3n) is 4.91. The number of nitrogens with zero attached hydrogens (tertiary/aromatic N) is 3. The van der Waals surface area contributed by atoms with Crippen LogP contribution in [0.5, 0.6) is 0 Å². The van der Waals surface area contributed by atoms with E-state index >= 15 is 0 Å². The average molecular weight is 334 g/mol. The van der Waals surface area contributed by atoms with Crippen molar-refractivity contribution in [2.24, 2.45) is 13.0 Å².